The maximum absolute atomic E-state index is 11.9. The lowest BCUT2D eigenvalue weighted by Gasteiger charge is -2.15. The fourth-order valence-corrected chi connectivity index (χ4v) is 3.68. The molecule has 0 bridgehead atoms. The first kappa shape index (κ1) is 12.3. The molecule has 2 nitrogen and oxygen atoms in total. The summed E-state index contributed by atoms with van der Waals surface area (Å²) in [5.74, 6) is 0.720. The summed E-state index contributed by atoms with van der Waals surface area (Å²) in [5, 5.41) is 3.78. The summed E-state index contributed by atoms with van der Waals surface area (Å²) in [6, 6.07) is 8.46. The highest BCUT2D eigenvalue weighted by Crippen LogP contribution is 2.22. The maximum Gasteiger partial charge on any atom is 0.0437 e. The lowest BCUT2D eigenvalue weighted by Crippen LogP contribution is -2.23. The Morgan fingerprint density at radius 1 is 1.50 bits per heavy atom. The van der Waals surface area contributed by atoms with Crippen LogP contribution in [0.3, 0.4) is 0 Å². The van der Waals surface area contributed by atoms with Gasteiger partial charge >= 0.3 is 0 Å². The van der Waals surface area contributed by atoms with Crippen LogP contribution in [-0.2, 0) is 10.8 Å². The highest BCUT2D eigenvalue weighted by molar-refractivity contribution is 9.10. The van der Waals surface area contributed by atoms with E-state index in [0.717, 1.165) is 23.2 Å². The van der Waals surface area contributed by atoms with Crippen molar-refractivity contribution in [2.75, 3.05) is 12.3 Å². The molecule has 3 unspecified atom stereocenters. The second-order valence-electron chi connectivity index (χ2n) is 4.21. The fourth-order valence-electron chi connectivity index (χ4n) is 1.92. The monoisotopic (exact) mass is 301 g/mol. The van der Waals surface area contributed by atoms with E-state index in [2.05, 4.69) is 40.3 Å². The summed E-state index contributed by atoms with van der Waals surface area (Å²) >= 11 is 3.47. The minimum Gasteiger partial charge on any atom is -0.309 e. The molecule has 16 heavy (non-hydrogen) atoms. The van der Waals surface area contributed by atoms with Gasteiger partial charge in [-0.15, -0.1) is 0 Å². The average molecular weight is 302 g/mol. The summed E-state index contributed by atoms with van der Waals surface area (Å²) in [5.41, 5.74) is 1.22. The predicted octanol–water partition coefficient (Wildman–Crippen LogP) is 2.62. The third-order valence-corrected chi connectivity index (χ3v) is 5.26. The van der Waals surface area contributed by atoms with Gasteiger partial charge in [0.2, 0.25) is 0 Å². The van der Waals surface area contributed by atoms with E-state index in [1.807, 2.05) is 12.1 Å². The van der Waals surface area contributed by atoms with E-state index in [9.17, 15) is 4.21 Å². The standard InChI is InChI=1S/C12H16BrNOS/c1-9-5-6-14-12(8-16(9)15)10-3-2-4-11(13)7-10/h2-4,7,9,12,14H,5-6,8H2,1H3. The van der Waals surface area contributed by atoms with Crippen molar-refractivity contribution in [1.82, 2.24) is 5.32 Å². The van der Waals surface area contributed by atoms with Gasteiger partial charge in [0.25, 0.3) is 0 Å². The number of halogens is 1. The van der Waals surface area contributed by atoms with Gasteiger partial charge in [-0.3, -0.25) is 4.21 Å². The van der Waals surface area contributed by atoms with Crippen LogP contribution in [0.15, 0.2) is 28.7 Å². The Bertz CT molecular complexity index is 396. The molecule has 0 aliphatic carbocycles. The van der Waals surface area contributed by atoms with Crippen molar-refractivity contribution in [3.63, 3.8) is 0 Å². The first-order chi connectivity index (χ1) is 7.66. The van der Waals surface area contributed by atoms with E-state index in [0.29, 0.717) is 5.25 Å². The minimum absolute atomic E-state index is 0.225. The molecule has 3 atom stereocenters. The molecule has 0 spiro atoms. The summed E-state index contributed by atoms with van der Waals surface area (Å²) in [6.45, 7) is 3.02. The molecule has 2 rings (SSSR count). The van der Waals surface area contributed by atoms with Crippen molar-refractivity contribution in [3.8, 4) is 0 Å². The molecule has 4 heteroatoms. The summed E-state index contributed by atoms with van der Waals surface area (Å²) < 4.78 is 13.0. The van der Waals surface area contributed by atoms with E-state index in [1.54, 1.807) is 0 Å². The molecular weight excluding hydrogens is 286 g/mol. The van der Waals surface area contributed by atoms with Gasteiger partial charge in [0, 0.05) is 32.3 Å². The van der Waals surface area contributed by atoms with E-state index in [-0.39, 0.29) is 6.04 Å². The maximum atomic E-state index is 11.9. The van der Waals surface area contributed by atoms with Gasteiger partial charge in [0.15, 0.2) is 0 Å². The molecule has 0 aromatic heterocycles. The number of hydrogen-bond acceptors (Lipinski definition) is 2. The van der Waals surface area contributed by atoms with E-state index >= 15 is 0 Å². The zero-order valence-electron chi connectivity index (χ0n) is 9.28. The first-order valence-electron chi connectivity index (χ1n) is 5.53. The Hall–Kier alpha value is -0.190. The Labute approximate surface area is 107 Å². The highest BCUT2D eigenvalue weighted by Gasteiger charge is 2.22. The van der Waals surface area contributed by atoms with Crippen LogP contribution in [0.4, 0.5) is 0 Å². The number of nitrogens with one attached hydrogen (secondary N) is 1. The Morgan fingerprint density at radius 2 is 2.31 bits per heavy atom. The SMILES string of the molecule is CC1CCNC(c2cccc(Br)c2)CS1=O. The van der Waals surface area contributed by atoms with Crippen molar-refractivity contribution in [2.24, 2.45) is 0 Å². The van der Waals surface area contributed by atoms with Gasteiger partial charge in [-0.2, -0.15) is 0 Å². The van der Waals surface area contributed by atoms with Gasteiger partial charge in [0.1, 0.15) is 0 Å². The second kappa shape index (κ2) is 5.43. The zero-order chi connectivity index (χ0) is 11.5. The lowest BCUT2D eigenvalue weighted by atomic mass is 10.1. The fraction of sp³-hybridized carbons (Fsp3) is 0.500. The van der Waals surface area contributed by atoms with Gasteiger partial charge in [-0.25, -0.2) is 0 Å². The van der Waals surface area contributed by atoms with Crippen molar-refractivity contribution in [3.05, 3.63) is 34.3 Å². The van der Waals surface area contributed by atoms with Gasteiger partial charge in [-0.05, 0) is 30.7 Å². The zero-order valence-corrected chi connectivity index (χ0v) is 11.7. The van der Waals surface area contributed by atoms with E-state index < -0.39 is 10.8 Å². The molecule has 1 heterocycles. The van der Waals surface area contributed by atoms with Crippen molar-refractivity contribution in [2.45, 2.75) is 24.6 Å². The summed E-state index contributed by atoms with van der Waals surface area (Å²) in [4.78, 5) is 0. The number of rotatable bonds is 1. The lowest BCUT2D eigenvalue weighted by molar-refractivity contribution is 0.578. The molecule has 88 valence electrons. The number of benzene rings is 1. The molecule has 1 fully saturated rings. The molecule has 1 aromatic rings. The van der Waals surface area contributed by atoms with E-state index in [4.69, 9.17) is 0 Å². The quantitative estimate of drug-likeness (QED) is 0.864. The van der Waals surface area contributed by atoms with Gasteiger partial charge in [-0.1, -0.05) is 35.0 Å². The molecule has 0 amide bonds. The molecule has 1 aromatic carbocycles. The van der Waals surface area contributed by atoms with Crippen LogP contribution in [0.25, 0.3) is 0 Å². The van der Waals surface area contributed by atoms with Crippen LogP contribution in [0, 0.1) is 0 Å². The molecule has 1 aliphatic heterocycles. The van der Waals surface area contributed by atoms with Crippen molar-refractivity contribution < 1.29 is 4.21 Å². The third-order valence-electron chi connectivity index (χ3n) is 2.97. The van der Waals surface area contributed by atoms with Crippen LogP contribution < -0.4 is 5.32 Å². The van der Waals surface area contributed by atoms with Crippen molar-refractivity contribution in [1.29, 1.82) is 0 Å². The van der Waals surface area contributed by atoms with Crippen LogP contribution in [0.5, 0.6) is 0 Å². The molecule has 1 aliphatic rings. The van der Waals surface area contributed by atoms with Crippen LogP contribution >= 0.6 is 15.9 Å². The minimum atomic E-state index is -0.717. The first-order valence-corrected chi connectivity index (χ1v) is 7.70. The third kappa shape index (κ3) is 2.93. The Morgan fingerprint density at radius 3 is 3.06 bits per heavy atom. The van der Waals surface area contributed by atoms with E-state index in [1.165, 1.54) is 5.56 Å². The van der Waals surface area contributed by atoms with Gasteiger partial charge in [0.05, 0.1) is 0 Å². The summed E-state index contributed by atoms with van der Waals surface area (Å²) in [7, 11) is -0.717. The number of hydrogen-bond donors (Lipinski definition) is 1. The van der Waals surface area contributed by atoms with Crippen LogP contribution in [-0.4, -0.2) is 21.8 Å². The normalized spacial score (nSPS) is 31.0. The Balaban J connectivity index is 2.18. The molecular formula is C12H16BrNOS. The smallest absolute Gasteiger partial charge is 0.0437 e. The molecule has 0 saturated carbocycles. The largest absolute Gasteiger partial charge is 0.309 e. The van der Waals surface area contributed by atoms with Crippen LogP contribution in [0.1, 0.15) is 24.9 Å². The van der Waals surface area contributed by atoms with Crippen molar-refractivity contribution >= 4 is 26.7 Å². The molecule has 1 N–H and O–H groups in total. The highest BCUT2D eigenvalue weighted by atomic mass is 79.9. The molecule has 1 saturated heterocycles. The topological polar surface area (TPSA) is 29.1 Å². The second-order valence-corrected chi connectivity index (χ2v) is 7.02. The molecule has 0 radical (unpaired) electrons. The van der Waals surface area contributed by atoms with Gasteiger partial charge < -0.3 is 5.32 Å². The average Bonchev–Trinajstić information content (AvgIpc) is 2.42. The predicted molar refractivity (Wildman–Crippen MR) is 72.0 cm³/mol. The summed E-state index contributed by atoms with van der Waals surface area (Å²) in [6.07, 6.45) is 0.997. The van der Waals surface area contributed by atoms with Crippen LogP contribution in [0.2, 0.25) is 0 Å². The Kier molecular flexibility index (Phi) is 4.16.